The van der Waals surface area contributed by atoms with E-state index in [9.17, 15) is 0 Å². The minimum atomic E-state index is -0.354. The SMILES string of the molecule is c1ccc(-c2ccccc2N(c2ccc3c(c2)C24c5ccccc5-c5cccc(c52)-c2cccc-3c24)c2ccc3c(c2)oc2ccccc23)cc1. The molecule has 9 aromatic rings. The van der Waals surface area contributed by atoms with Crippen molar-refractivity contribution in [1.29, 1.82) is 0 Å². The lowest BCUT2D eigenvalue weighted by Crippen LogP contribution is -2.23. The summed E-state index contributed by atoms with van der Waals surface area (Å²) in [6.07, 6.45) is 0. The molecule has 12 rings (SSSR count). The van der Waals surface area contributed by atoms with E-state index in [-0.39, 0.29) is 5.41 Å². The molecule has 0 bridgehead atoms. The summed E-state index contributed by atoms with van der Waals surface area (Å²) < 4.78 is 6.48. The van der Waals surface area contributed by atoms with Crippen molar-refractivity contribution in [3.05, 3.63) is 198 Å². The lowest BCUT2D eigenvalue weighted by atomic mass is 9.73. The quantitative estimate of drug-likeness (QED) is 0.189. The summed E-state index contributed by atoms with van der Waals surface area (Å²) in [6, 6.07) is 64.5. The molecule has 0 saturated heterocycles. The van der Waals surface area contributed by atoms with Crippen molar-refractivity contribution in [2.45, 2.75) is 5.41 Å². The van der Waals surface area contributed by atoms with Crippen molar-refractivity contribution in [3.8, 4) is 44.5 Å². The van der Waals surface area contributed by atoms with Crippen molar-refractivity contribution >= 4 is 39.0 Å². The number of fused-ring (bicyclic) bond motifs is 8. The monoisotopic (exact) mass is 647 g/mol. The van der Waals surface area contributed by atoms with Gasteiger partial charge in [-0.15, -0.1) is 0 Å². The first-order valence-corrected chi connectivity index (χ1v) is 17.7. The van der Waals surface area contributed by atoms with Gasteiger partial charge in [0.15, 0.2) is 0 Å². The summed E-state index contributed by atoms with van der Waals surface area (Å²) in [5.74, 6) is 0. The molecule has 0 aliphatic heterocycles. The first-order valence-electron chi connectivity index (χ1n) is 17.7. The number of hydrogen-bond acceptors (Lipinski definition) is 2. The maximum atomic E-state index is 6.48. The van der Waals surface area contributed by atoms with Crippen LogP contribution < -0.4 is 4.90 Å². The lowest BCUT2D eigenvalue weighted by Gasteiger charge is -2.31. The smallest absolute Gasteiger partial charge is 0.137 e. The zero-order valence-corrected chi connectivity index (χ0v) is 27.6. The molecular formula is C49H29NO. The van der Waals surface area contributed by atoms with Gasteiger partial charge in [-0.3, -0.25) is 0 Å². The van der Waals surface area contributed by atoms with Gasteiger partial charge in [-0.1, -0.05) is 133 Å². The summed E-state index contributed by atoms with van der Waals surface area (Å²) in [5.41, 5.74) is 20.7. The van der Waals surface area contributed by atoms with Crippen LogP contribution >= 0.6 is 0 Å². The second-order valence-corrected chi connectivity index (χ2v) is 14.0. The van der Waals surface area contributed by atoms with Gasteiger partial charge < -0.3 is 9.32 Å². The fourth-order valence-corrected chi connectivity index (χ4v) is 9.69. The van der Waals surface area contributed by atoms with Crippen LogP contribution in [0.25, 0.3) is 66.4 Å². The van der Waals surface area contributed by atoms with Crippen LogP contribution in [0.4, 0.5) is 17.1 Å². The Balaban J connectivity index is 1.16. The number of nitrogens with zero attached hydrogens (tertiary/aromatic N) is 1. The molecule has 51 heavy (non-hydrogen) atoms. The topological polar surface area (TPSA) is 16.4 Å². The molecule has 3 aliphatic carbocycles. The normalized spacial score (nSPS) is 15.5. The van der Waals surface area contributed by atoms with Gasteiger partial charge in [0.1, 0.15) is 11.2 Å². The highest BCUT2D eigenvalue weighted by Gasteiger charge is 2.57. The van der Waals surface area contributed by atoms with Gasteiger partial charge in [0.05, 0.1) is 11.1 Å². The molecule has 3 aliphatic rings. The third-order valence-corrected chi connectivity index (χ3v) is 11.6. The maximum Gasteiger partial charge on any atom is 0.137 e. The fourth-order valence-electron chi connectivity index (χ4n) is 9.69. The van der Waals surface area contributed by atoms with Gasteiger partial charge in [-0.25, -0.2) is 0 Å². The third kappa shape index (κ3) is 3.37. The molecule has 1 aromatic heterocycles. The van der Waals surface area contributed by atoms with Crippen LogP contribution in [0.1, 0.15) is 22.3 Å². The van der Waals surface area contributed by atoms with Crippen molar-refractivity contribution in [1.82, 2.24) is 0 Å². The lowest BCUT2D eigenvalue weighted by molar-refractivity contribution is 0.669. The third-order valence-electron chi connectivity index (χ3n) is 11.6. The Bertz CT molecular complexity index is 2900. The van der Waals surface area contributed by atoms with Crippen molar-refractivity contribution in [2.75, 3.05) is 4.90 Å². The van der Waals surface area contributed by atoms with Crippen LogP contribution in [0.2, 0.25) is 0 Å². The molecule has 8 aromatic carbocycles. The summed E-state index contributed by atoms with van der Waals surface area (Å²) in [7, 11) is 0. The Morgan fingerprint density at radius 3 is 1.75 bits per heavy atom. The highest BCUT2D eigenvalue weighted by atomic mass is 16.3. The Hall–Kier alpha value is -6.64. The number of rotatable bonds is 4. The van der Waals surface area contributed by atoms with E-state index in [0.717, 1.165) is 39.0 Å². The van der Waals surface area contributed by atoms with E-state index < -0.39 is 0 Å². The molecule has 0 N–H and O–H groups in total. The second-order valence-electron chi connectivity index (χ2n) is 14.0. The Morgan fingerprint density at radius 1 is 0.373 bits per heavy atom. The zero-order chi connectivity index (χ0) is 33.3. The number of para-hydroxylation sites is 2. The van der Waals surface area contributed by atoms with E-state index in [0.29, 0.717) is 0 Å². The number of furan rings is 1. The predicted octanol–water partition coefficient (Wildman–Crippen LogP) is 13.0. The Morgan fingerprint density at radius 2 is 0.941 bits per heavy atom. The van der Waals surface area contributed by atoms with Crippen LogP contribution in [-0.2, 0) is 5.41 Å². The van der Waals surface area contributed by atoms with E-state index in [1.807, 2.05) is 6.07 Å². The molecule has 1 unspecified atom stereocenters. The zero-order valence-electron chi connectivity index (χ0n) is 27.6. The van der Waals surface area contributed by atoms with E-state index >= 15 is 0 Å². The van der Waals surface area contributed by atoms with Crippen LogP contribution in [0.5, 0.6) is 0 Å². The first kappa shape index (κ1) is 27.2. The van der Waals surface area contributed by atoms with Crippen LogP contribution in [0, 0.1) is 0 Å². The van der Waals surface area contributed by atoms with Gasteiger partial charge >= 0.3 is 0 Å². The van der Waals surface area contributed by atoms with Crippen LogP contribution in [0.15, 0.2) is 180 Å². The minimum Gasteiger partial charge on any atom is -0.456 e. The molecule has 1 spiro atoms. The summed E-state index contributed by atoms with van der Waals surface area (Å²) in [4.78, 5) is 2.43. The van der Waals surface area contributed by atoms with Gasteiger partial charge in [0, 0.05) is 33.8 Å². The molecule has 0 radical (unpaired) electrons. The molecule has 2 heteroatoms. The number of anilines is 3. The average Bonchev–Trinajstić information content (AvgIpc) is 3.90. The average molecular weight is 648 g/mol. The predicted molar refractivity (Wildman–Crippen MR) is 209 cm³/mol. The van der Waals surface area contributed by atoms with Crippen molar-refractivity contribution in [3.63, 3.8) is 0 Å². The molecule has 236 valence electrons. The standard InChI is InChI=1S/C49H29NO/c1-2-12-30(13-3-1)33-14-5-8-22-44(33)50(32-25-27-37-36-16-6-9-23-45(36)51-46(37)29-32)31-24-26-35-39-18-11-20-41-40-19-10-17-38-34-15-4-7-21-42(34)49(47(38)40,48(39)41)43(35)28-31/h1-29H. The Kier molecular flexibility index (Phi) is 5.20. The van der Waals surface area contributed by atoms with E-state index in [1.54, 1.807) is 0 Å². The second kappa shape index (κ2) is 9.74. The summed E-state index contributed by atoms with van der Waals surface area (Å²) in [6.45, 7) is 0. The minimum absolute atomic E-state index is 0.354. The number of hydrogen-bond donors (Lipinski definition) is 0. The van der Waals surface area contributed by atoms with Crippen LogP contribution in [-0.4, -0.2) is 0 Å². The largest absolute Gasteiger partial charge is 0.456 e. The van der Waals surface area contributed by atoms with E-state index in [2.05, 4.69) is 175 Å². The van der Waals surface area contributed by atoms with Gasteiger partial charge in [0.2, 0.25) is 0 Å². The molecular weight excluding hydrogens is 619 g/mol. The van der Waals surface area contributed by atoms with Gasteiger partial charge in [-0.05, 0) is 97.6 Å². The fraction of sp³-hybridized carbons (Fsp3) is 0.0204. The van der Waals surface area contributed by atoms with Crippen LogP contribution in [0.3, 0.4) is 0 Å². The van der Waals surface area contributed by atoms with Crippen molar-refractivity contribution in [2.24, 2.45) is 0 Å². The number of benzene rings is 8. The summed E-state index contributed by atoms with van der Waals surface area (Å²) in [5, 5.41) is 2.26. The van der Waals surface area contributed by atoms with Gasteiger partial charge in [0.25, 0.3) is 0 Å². The molecule has 1 atom stereocenters. The maximum absolute atomic E-state index is 6.48. The Labute approximate surface area is 295 Å². The molecule has 0 fully saturated rings. The summed E-state index contributed by atoms with van der Waals surface area (Å²) >= 11 is 0. The molecule has 2 nitrogen and oxygen atoms in total. The van der Waals surface area contributed by atoms with E-state index in [4.69, 9.17) is 4.42 Å². The highest BCUT2D eigenvalue weighted by Crippen LogP contribution is 2.70. The molecule has 0 saturated carbocycles. The first-order chi connectivity index (χ1) is 25.3. The molecule has 1 heterocycles. The van der Waals surface area contributed by atoms with E-state index in [1.165, 1.54) is 66.8 Å². The van der Waals surface area contributed by atoms with Crippen molar-refractivity contribution < 1.29 is 4.42 Å². The van der Waals surface area contributed by atoms with Gasteiger partial charge in [-0.2, -0.15) is 0 Å². The molecule has 0 amide bonds. The highest BCUT2D eigenvalue weighted by molar-refractivity contribution is 6.08.